The summed E-state index contributed by atoms with van der Waals surface area (Å²) >= 11 is 4.81. The van der Waals surface area contributed by atoms with Gasteiger partial charge in [-0.25, -0.2) is 0 Å². The molecule has 0 saturated carbocycles. The molecule has 0 aromatic heterocycles. The third-order valence-corrected chi connectivity index (χ3v) is 2.17. The van der Waals surface area contributed by atoms with E-state index >= 15 is 0 Å². The number of ether oxygens (including phenoxy) is 1. The average Bonchev–Trinajstić information content (AvgIpc) is 2.11. The van der Waals surface area contributed by atoms with E-state index in [0.29, 0.717) is 0 Å². The van der Waals surface area contributed by atoms with Crippen molar-refractivity contribution in [2.75, 3.05) is 38.6 Å². The highest BCUT2D eigenvalue weighted by Crippen LogP contribution is 1.89. The van der Waals surface area contributed by atoms with Gasteiger partial charge in [0.05, 0.1) is 6.61 Å². The van der Waals surface area contributed by atoms with E-state index < -0.39 is 0 Å². The quantitative estimate of drug-likeness (QED) is 0.542. The molecule has 0 N–H and O–H groups in total. The second-order valence-electron chi connectivity index (χ2n) is 2.70. The SMILES string of the molecule is CCN(CC)CCOCCC[S]. The van der Waals surface area contributed by atoms with Crippen molar-refractivity contribution in [1.82, 2.24) is 4.90 Å². The molecule has 0 aliphatic rings. The Bertz CT molecular complexity index is 86.6. The fraction of sp³-hybridized carbons (Fsp3) is 1.00. The molecule has 0 aromatic rings. The normalized spacial score (nSPS) is 11.0. The average molecular weight is 190 g/mol. The molecular weight excluding hydrogens is 170 g/mol. The Labute approximate surface area is 81.7 Å². The van der Waals surface area contributed by atoms with Crippen molar-refractivity contribution in [3.8, 4) is 0 Å². The van der Waals surface area contributed by atoms with Crippen molar-refractivity contribution in [3.63, 3.8) is 0 Å². The maximum atomic E-state index is 5.40. The third-order valence-electron chi connectivity index (χ3n) is 1.88. The van der Waals surface area contributed by atoms with Crippen LogP contribution in [0.5, 0.6) is 0 Å². The Kier molecular flexibility index (Phi) is 9.57. The van der Waals surface area contributed by atoms with Crippen molar-refractivity contribution >= 4 is 12.6 Å². The smallest absolute Gasteiger partial charge is 0.0593 e. The van der Waals surface area contributed by atoms with E-state index in [2.05, 4.69) is 18.7 Å². The molecule has 12 heavy (non-hydrogen) atoms. The molecule has 0 heterocycles. The van der Waals surface area contributed by atoms with Gasteiger partial charge in [-0.3, -0.25) is 0 Å². The molecular formula is C9H20NOS. The second-order valence-corrected chi connectivity index (χ2v) is 3.11. The van der Waals surface area contributed by atoms with Gasteiger partial charge in [-0.05, 0) is 19.5 Å². The first-order valence-electron chi connectivity index (χ1n) is 4.73. The van der Waals surface area contributed by atoms with Crippen molar-refractivity contribution < 1.29 is 4.74 Å². The highest BCUT2D eigenvalue weighted by Gasteiger charge is 1.97. The lowest BCUT2D eigenvalue weighted by Gasteiger charge is -2.17. The van der Waals surface area contributed by atoms with Crippen LogP contribution in [0.3, 0.4) is 0 Å². The third kappa shape index (κ3) is 6.95. The number of hydrogen-bond donors (Lipinski definition) is 0. The van der Waals surface area contributed by atoms with Crippen molar-refractivity contribution in [3.05, 3.63) is 0 Å². The Hall–Kier alpha value is 0.270. The lowest BCUT2D eigenvalue weighted by molar-refractivity contribution is 0.108. The molecule has 0 aliphatic carbocycles. The van der Waals surface area contributed by atoms with Crippen LogP contribution in [0.2, 0.25) is 0 Å². The van der Waals surface area contributed by atoms with E-state index in [0.717, 1.165) is 45.0 Å². The van der Waals surface area contributed by atoms with Gasteiger partial charge in [0.1, 0.15) is 0 Å². The molecule has 0 unspecified atom stereocenters. The summed E-state index contributed by atoms with van der Waals surface area (Å²) in [6, 6.07) is 0. The summed E-state index contributed by atoms with van der Waals surface area (Å²) < 4.78 is 5.40. The van der Waals surface area contributed by atoms with Crippen LogP contribution in [0.25, 0.3) is 0 Å². The first-order chi connectivity index (χ1) is 5.85. The van der Waals surface area contributed by atoms with Crippen LogP contribution in [-0.4, -0.2) is 43.5 Å². The van der Waals surface area contributed by atoms with Crippen LogP contribution >= 0.6 is 12.6 Å². The van der Waals surface area contributed by atoms with Gasteiger partial charge >= 0.3 is 0 Å². The lowest BCUT2D eigenvalue weighted by atomic mass is 10.5. The Morgan fingerprint density at radius 1 is 1.17 bits per heavy atom. The molecule has 0 amide bonds. The summed E-state index contributed by atoms with van der Waals surface area (Å²) in [4.78, 5) is 2.35. The minimum Gasteiger partial charge on any atom is -0.380 e. The zero-order valence-electron chi connectivity index (χ0n) is 8.21. The predicted molar refractivity (Wildman–Crippen MR) is 55.7 cm³/mol. The molecule has 0 spiro atoms. The zero-order chi connectivity index (χ0) is 9.23. The standard InChI is InChI=1S/C9H20NOS/c1-3-10(4-2)6-8-11-7-5-9-12/h3-9H2,1-2H3. The summed E-state index contributed by atoms with van der Waals surface area (Å²) in [6.45, 7) is 9.29. The Morgan fingerprint density at radius 2 is 1.83 bits per heavy atom. The van der Waals surface area contributed by atoms with Gasteiger partial charge in [-0.2, -0.15) is 0 Å². The maximum absolute atomic E-state index is 5.40. The first kappa shape index (κ1) is 12.3. The van der Waals surface area contributed by atoms with E-state index in [1.54, 1.807) is 0 Å². The minimum absolute atomic E-state index is 0.811. The lowest BCUT2D eigenvalue weighted by Crippen LogP contribution is -2.27. The summed E-state index contributed by atoms with van der Waals surface area (Å²) in [7, 11) is 0. The fourth-order valence-corrected chi connectivity index (χ4v) is 1.11. The number of likely N-dealkylation sites (N-methyl/N-ethyl adjacent to an activating group) is 1. The first-order valence-corrected chi connectivity index (χ1v) is 5.31. The summed E-state index contributed by atoms with van der Waals surface area (Å²) in [5, 5.41) is 0. The van der Waals surface area contributed by atoms with E-state index in [1.807, 2.05) is 0 Å². The van der Waals surface area contributed by atoms with E-state index in [-0.39, 0.29) is 0 Å². The van der Waals surface area contributed by atoms with Crippen LogP contribution in [0, 0.1) is 0 Å². The molecule has 2 nitrogen and oxygen atoms in total. The second kappa shape index (κ2) is 9.36. The molecule has 0 rings (SSSR count). The van der Waals surface area contributed by atoms with Crippen LogP contribution in [0.4, 0.5) is 0 Å². The topological polar surface area (TPSA) is 12.5 Å². The van der Waals surface area contributed by atoms with E-state index in [4.69, 9.17) is 17.4 Å². The predicted octanol–water partition coefficient (Wildman–Crippen LogP) is 1.93. The molecule has 0 atom stereocenters. The molecule has 0 bridgehead atoms. The van der Waals surface area contributed by atoms with Crippen molar-refractivity contribution in [1.29, 1.82) is 0 Å². The Morgan fingerprint density at radius 3 is 2.33 bits per heavy atom. The number of nitrogens with zero attached hydrogens (tertiary/aromatic N) is 1. The molecule has 0 fully saturated rings. The summed E-state index contributed by atoms with van der Waals surface area (Å²) in [6.07, 6.45) is 1.01. The monoisotopic (exact) mass is 190 g/mol. The molecule has 0 aromatic carbocycles. The fourth-order valence-electron chi connectivity index (χ4n) is 0.997. The highest BCUT2D eigenvalue weighted by molar-refractivity contribution is 7.80. The van der Waals surface area contributed by atoms with Gasteiger partial charge in [0, 0.05) is 18.9 Å². The van der Waals surface area contributed by atoms with Crippen LogP contribution in [0.1, 0.15) is 20.3 Å². The van der Waals surface area contributed by atoms with Gasteiger partial charge in [0.2, 0.25) is 0 Å². The highest BCUT2D eigenvalue weighted by atomic mass is 32.1. The number of hydrogen-bond acceptors (Lipinski definition) is 2. The molecule has 0 saturated heterocycles. The molecule has 1 radical (unpaired) electrons. The van der Waals surface area contributed by atoms with E-state index in [9.17, 15) is 0 Å². The van der Waals surface area contributed by atoms with Gasteiger partial charge in [0.25, 0.3) is 0 Å². The van der Waals surface area contributed by atoms with Gasteiger partial charge in [-0.15, -0.1) is 0 Å². The van der Waals surface area contributed by atoms with Crippen LogP contribution in [-0.2, 0) is 4.74 Å². The molecule has 73 valence electrons. The van der Waals surface area contributed by atoms with Gasteiger partial charge in [-0.1, -0.05) is 26.5 Å². The summed E-state index contributed by atoms with van der Waals surface area (Å²) in [5.74, 6) is 0.811. The van der Waals surface area contributed by atoms with Crippen molar-refractivity contribution in [2.45, 2.75) is 20.3 Å². The maximum Gasteiger partial charge on any atom is 0.0593 e. The molecule has 3 heteroatoms. The molecule has 0 aliphatic heterocycles. The zero-order valence-corrected chi connectivity index (χ0v) is 9.03. The van der Waals surface area contributed by atoms with Gasteiger partial charge in [0.15, 0.2) is 0 Å². The van der Waals surface area contributed by atoms with Crippen LogP contribution < -0.4 is 0 Å². The van der Waals surface area contributed by atoms with Crippen molar-refractivity contribution in [2.24, 2.45) is 0 Å². The van der Waals surface area contributed by atoms with Gasteiger partial charge < -0.3 is 9.64 Å². The van der Waals surface area contributed by atoms with Crippen LogP contribution in [0.15, 0.2) is 0 Å². The Balaban J connectivity index is 3.06. The van der Waals surface area contributed by atoms with E-state index in [1.165, 1.54) is 0 Å². The number of rotatable bonds is 8. The largest absolute Gasteiger partial charge is 0.380 e. The summed E-state index contributed by atoms with van der Waals surface area (Å²) in [5.41, 5.74) is 0. The minimum atomic E-state index is 0.811.